The lowest BCUT2D eigenvalue weighted by atomic mass is 9.94. The van der Waals surface area contributed by atoms with Gasteiger partial charge in [0.1, 0.15) is 13.1 Å². The van der Waals surface area contributed by atoms with Gasteiger partial charge in [-0.15, -0.1) is 0 Å². The number of ether oxygens (including phenoxy) is 1. The summed E-state index contributed by atoms with van der Waals surface area (Å²) in [6.45, 7) is 6.80. The smallest absolute Gasteiger partial charge is 0.164 e. The first-order chi connectivity index (χ1) is 11.6. The van der Waals surface area contributed by atoms with E-state index in [1.807, 2.05) is 36.4 Å². The molecule has 0 unspecified atom stereocenters. The van der Waals surface area contributed by atoms with Crippen LogP contribution in [0.15, 0.2) is 36.4 Å². The van der Waals surface area contributed by atoms with E-state index in [0.717, 1.165) is 55.7 Å². The van der Waals surface area contributed by atoms with Gasteiger partial charge in [0.05, 0.1) is 32.7 Å². The van der Waals surface area contributed by atoms with Gasteiger partial charge in [0.15, 0.2) is 5.78 Å². The van der Waals surface area contributed by atoms with Gasteiger partial charge in [0.2, 0.25) is 0 Å². The van der Waals surface area contributed by atoms with Crippen LogP contribution in [-0.4, -0.2) is 50.2 Å². The standard InChI is InChI=1S/C21H32NO2/c1-3-4-6-11-20(18-22(2)14-16-24-17-15-22)21(23)13-12-19-9-7-5-8-10-19/h5,7-10,12-13,20H,3-4,6,11,14-18H2,1-2H3/q+1/b13-12-/t20-/m0/s1. The predicted octanol–water partition coefficient (Wildman–Crippen LogP) is 3.94. The summed E-state index contributed by atoms with van der Waals surface area (Å²) in [5.41, 5.74) is 1.09. The average Bonchev–Trinajstić information content (AvgIpc) is 2.60. The van der Waals surface area contributed by atoms with E-state index >= 15 is 0 Å². The predicted molar refractivity (Wildman–Crippen MR) is 99.7 cm³/mol. The summed E-state index contributed by atoms with van der Waals surface area (Å²) >= 11 is 0. The van der Waals surface area contributed by atoms with Crippen LogP contribution >= 0.6 is 0 Å². The fourth-order valence-corrected chi connectivity index (χ4v) is 3.34. The van der Waals surface area contributed by atoms with Gasteiger partial charge in [-0.25, -0.2) is 0 Å². The zero-order valence-electron chi connectivity index (χ0n) is 15.2. The zero-order chi connectivity index (χ0) is 17.3. The summed E-state index contributed by atoms with van der Waals surface area (Å²) in [6.07, 6.45) is 8.29. The lowest BCUT2D eigenvalue weighted by Crippen LogP contribution is -2.54. The maximum atomic E-state index is 12.8. The van der Waals surface area contributed by atoms with Crippen molar-refractivity contribution < 1.29 is 14.0 Å². The van der Waals surface area contributed by atoms with Gasteiger partial charge in [-0.1, -0.05) is 62.6 Å². The number of morpholine rings is 1. The molecule has 0 amide bonds. The van der Waals surface area contributed by atoms with Gasteiger partial charge in [-0.05, 0) is 18.1 Å². The Hall–Kier alpha value is -1.45. The number of nitrogens with zero attached hydrogens (tertiary/aromatic N) is 1. The molecule has 3 nitrogen and oxygen atoms in total. The molecule has 0 radical (unpaired) electrons. The monoisotopic (exact) mass is 330 g/mol. The third kappa shape index (κ3) is 6.21. The van der Waals surface area contributed by atoms with Crippen LogP contribution in [0.1, 0.15) is 38.2 Å². The van der Waals surface area contributed by atoms with E-state index in [0.29, 0.717) is 0 Å². The van der Waals surface area contributed by atoms with Crippen molar-refractivity contribution in [3.63, 3.8) is 0 Å². The first kappa shape index (κ1) is 18.9. The van der Waals surface area contributed by atoms with Gasteiger partial charge in [-0.2, -0.15) is 0 Å². The van der Waals surface area contributed by atoms with Crippen LogP contribution in [0.5, 0.6) is 0 Å². The van der Waals surface area contributed by atoms with E-state index in [1.165, 1.54) is 12.8 Å². The van der Waals surface area contributed by atoms with E-state index < -0.39 is 0 Å². The molecule has 1 atom stereocenters. The summed E-state index contributed by atoms with van der Waals surface area (Å²) in [5, 5.41) is 0. The normalized spacial score (nSPS) is 18.6. The van der Waals surface area contributed by atoms with Crippen molar-refractivity contribution in [1.29, 1.82) is 0 Å². The maximum Gasteiger partial charge on any atom is 0.164 e. The number of carbonyl (C=O) groups is 1. The minimum atomic E-state index is 0.125. The van der Waals surface area contributed by atoms with Crippen molar-refractivity contribution in [3.05, 3.63) is 42.0 Å². The quantitative estimate of drug-likeness (QED) is 0.389. The summed E-state index contributed by atoms with van der Waals surface area (Å²) in [5.74, 6) is 0.403. The molecule has 132 valence electrons. The molecule has 1 aromatic carbocycles. The highest BCUT2D eigenvalue weighted by atomic mass is 16.5. The highest BCUT2D eigenvalue weighted by Crippen LogP contribution is 2.19. The minimum absolute atomic E-state index is 0.125. The number of quaternary nitrogens is 1. The third-order valence-corrected chi connectivity index (χ3v) is 5.01. The number of hydrogen-bond donors (Lipinski definition) is 0. The Balaban J connectivity index is 2.00. The maximum absolute atomic E-state index is 12.8. The van der Waals surface area contributed by atoms with Crippen molar-refractivity contribution in [1.82, 2.24) is 0 Å². The molecule has 0 bridgehead atoms. The highest BCUT2D eigenvalue weighted by Gasteiger charge is 2.31. The molecule has 3 heteroatoms. The van der Waals surface area contributed by atoms with Crippen molar-refractivity contribution in [2.45, 2.75) is 32.6 Å². The largest absolute Gasteiger partial charge is 0.370 e. The Morgan fingerprint density at radius 2 is 1.92 bits per heavy atom. The molecule has 1 aromatic rings. The van der Waals surface area contributed by atoms with Crippen molar-refractivity contribution in [2.75, 3.05) is 39.9 Å². The summed E-state index contributed by atoms with van der Waals surface area (Å²) < 4.78 is 6.46. The van der Waals surface area contributed by atoms with Crippen LogP contribution < -0.4 is 0 Å². The Morgan fingerprint density at radius 3 is 2.58 bits per heavy atom. The van der Waals surface area contributed by atoms with Gasteiger partial charge < -0.3 is 9.22 Å². The molecule has 1 aliphatic rings. The SMILES string of the molecule is CCCCC[C@@H](C[N+]1(C)CCOCC1)C(=O)/C=C\c1ccccc1. The van der Waals surface area contributed by atoms with E-state index in [-0.39, 0.29) is 11.7 Å². The summed E-state index contributed by atoms with van der Waals surface area (Å²) in [6, 6.07) is 10.1. The van der Waals surface area contributed by atoms with Gasteiger partial charge >= 0.3 is 0 Å². The van der Waals surface area contributed by atoms with Gasteiger partial charge in [-0.3, -0.25) is 4.79 Å². The molecule has 0 saturated carbocycles. The highest BCUT2D eigenvalue weighted by molar-refractivity contribution is 5.95. The second-order valence-corrected chi connectivity index (χ2v) is 7.20. The average molecular weight is 330 g/mol. The molecule has 1 aliphatic heterocycles. The number of unbranched alkanes of at least 4 members (excludes halogenated alkanes) is 2. The Bertz CT molecular complexity index is 518. The number of ketones is 1. The number of hydrogen-bond acceptors (Lipinski definition) is 2. The van der Waals surface area contributed by atoms with E-state index in [9.17, 15) is 4.79 Å². The first-order valence-corrected chi connectivity index (χ1v) is 9.31. The molecular formula is C21H32NO2+. The van der Waals surface area contributed by atoms with Gasteiger partial charge in [0.25, 0.3) is 0 Å². The Labute approximate surface area is 146 Å². The molecule has 1 saturated heterocycles. The molecule has 0 aliphatic carbocycles. The summed E-state index contributed by atoms with van der Waals surface area (Å²) in [4.78, 5) is 12.8. The number of benzene rings is 1. The van der Waals surface area contributed by atoms with Crippen LogP contribution in [0.2, 0.25) is 0 Å². The van der Waals surface area contributed by atoms with Crippen LogP contribution in [0.3, 0.4) is 0 Å². The van der Waals surface area contributed by atoms with Gasteiger partial charge in [0, 0.05) is 0 Å². The second-order valence-electron chi connectivity index (χ2n) is 7.20. The lowest BCUT2D eigenvalue weighted by Gasteiger charge is -2.39. The van der Waals surface area contributed by atoms with Crippen molar-refractivity contribution >= 4 is 11.9 Å². The molecule has 2 rings (SSSR count). The first-order valence-electron chi connectivity index (χ1n) is 9.31. The molecule has 1 fully saturated rings. The van der Waals surface area contributed by atoms with Crippen LogP contribution in [-0.2, 0) is 9.53 Å². The third-order valence-electron chi connectivity index (χ3n) is 5.01. The van der Waals surface area contributed by atoms with Crippen LogP contribution in [0.25, 0.3) is 6.08 Å². The van der Waals surface area contributed by atoms with Crippen molar-refractivity contribution in [2.24, 2.45) is 5.92 Å². The molecule has 0 spiro atoms. The minimum Gasteiger partial charge on any atom is -0.370 e. The number of carbonyl (C=O) groups excluding carboxylic acids is 1. The number of allylic oxidation sites excluding steroid dienone is 1. The fraction of sp³-hybridized carbons (Fsp3) is 0.571. The molecule has 24 heavy (non-hydrogen) atoms. The number of rotatable bonds is 9. The fourth-order valence-electron chi connectivity index (χ4n) is 3.34. The molecule has 0 N–H and O–H groups in total. The lowest BCUT2D eigenvalue weighted by molar-refractivity contribution is -0.919. The van der Waals surface area contributed by atoms with E-state index in [4.69, 9.17) is 4.74 Å². The Kier molecular flexibility index (Phi) is 7.67. The topological polar surface area (TPSA) is 26.3 Å². The summed E-state index contributed by atoms with van der Waals surface area (Å²) in [7, 11) is 2.27. The van der Waals surface area contributed by atoms with E-state index in [1.54, 1.807) is 6.08 Å². The Morgan fingerprint density at radius 1 is 1.21 bits per heavy atom. The number of likely N-dealkylation sites (N-methyl/N-ethyl adjacent to an activating group) is 1. The van der Waals surface area contributed by atoms with E-state index in [2.05, 4.69) is 14.0 Å². The van der Waals surface area contributed by atoms with Crippen LogP contribution in [0.4, 0.5) is 0 Å². The second kappa shape index (κ2) is 9.75. The van der Waals surface area contributed by atoms with Crippen molar-refractivity contribution in [3.8, 4) is 0 Å². The molecule has 1 heterocycles. The zero-order valence-corrected chi connectivity index (χ0v) is 15.2. The molecule has 0 aromatic heterocycles. The van der Waals surface area contributed by atoms with Crippen LogP contribution in [0, 0.1) is 5.92 Å². The molecular weight excluding hydrogens is 298 g/mol.